The van der Waals surface area contributed by atoms with Crippen molar-refractivity contribution in [3.05, 3.63) is 36.3 Å². The van der Waals surface area contributed by atoms with Crippen molar-refractivity contribution in [3.8, 4) is 0 Å². The van der Waals surface area contributed by atoms with Crippen molar-refractivity contribution in [1.82, 2.24) is 0 Å². The Morgan fingerprint density at radius 3 is 2.56 bits per heavy atom. The number of hydrogen-bond donors (Lipinski definition) is 2. The first-order valence-electron chi connectivity index (χ1n) is 2.66. The van der Waals surface area contributed by atoms with Crippen molar-refractivity contribution in [2.45, 2.75) is 6.92 Å². The summed E-state index contributed by atoms with van der Waals surface area (Å²) in [6, 6.07) is 0. The van der Waals surface area contributed by atoms with Gasteiger partial charge in [-0.2, -0.15) is 0 Å². The van der Waals surface area contributed by atoms with E-state index in [2.05, 4.69) is 6.58 Å². The zero-order chi connectivity index (χ0) is 7.28. The standard InChI is InChI=1S/C7H11NO/c1-3-5-6(8)7(9)4-2/h3-5,9H,1,8H2,2H3/b6-5+,7-4+. The van der Waals surface area contributed by atoms with Gasteiger partial charge in [-0.1, -0.05) is 12.7 Å². The molecule has 0 unspecified atom stereocenters. The van der Waals surface area contributed by atoms with Crippen molar-refractivity contribution in [2.75, 3.05) is 0 Å². The molecule has 0 spiro atoms. The van der Waals surface area contributed by atoms with Crippen LogP contribution in [0.15, 0.2) is 36.3 Å². The lowest BCUT2D eigenvalue weighted by Gasteiger charge is -1.94. The summed E-state index contributed by atoms with van der Waals surface area (Å²) in [6.45, 7) is 5.13. The lowest BCUT2D eigenvalue weighted by molar-refractivity contribution is 0.421. The van der Waals surface area contributed by atoms with Crippen LogP contribution >= 0.6 is 0 Å². The monoisotopic (exact) mass is 125 g/mol. The quantitative estimate of drug-likeness (QED) is 0.433. The molecule has 3 N–H and O–H groups in total. The predicted molar refractivity (Wildman–Crippen MR) is 38.9 cm³/mol. The summed E-state index contributed by atoms with van der Waals surface area (Å²) >= 11 is 0. The molecule has 2 heteroatoms. The number of aliphatic hydroxyl groups excluding tert-OH is 1. The van der Waals surface area contributed by atoms with Gasteiger partial charge in [0.1, 0.15) is 5.76 Å². The molecule has 0 rings (SSSR count). The average Bonchev–Trinajstić information content (AvgIpc) is 1.87. The predicted octanol–water partition coefficient (Wildman–Crippen LogP) is 1.48. The summed E-state index contributed by atoms with van der Waals surface area (Å²) < 4.78 is 0. The first kappa shape index (κ1) is 7.82. The molecule has 0 aliphatic rings. The van der Waals surface area contributed by atoms with E-state index in [9.17, 15) is 0 Å². The van der Waals surface area contributed by atoms with Gasteiger partial charge in [0.15, 0.2) is 0 Å². The molecule has 0 aromatic rings. The van der Waals surface area contributed by atoms with Gasteiger partial charge >= 0.3 is 0 Å². The summed E-state index contributed by atoms with van der Waals surface area (Å²) in [5, 5.41) is 8.88. The lowest BCUT2D eigenvalue weighted by atomic mass is 10.3. The van der Waals surface area contributed by atoms with Crippen LogP contribution in [0.5, 0.6) is 0 Å². The van der Waals surface area contributed by atoms with E-state index in [4.69, 9.17) is 10.8 Å². The highest BCUT2D eigenvalue weighted by atomic mass is 16.3. The summed E-state index contributed by atoms with van der Waals surface area (Å²) in [5.41, 5.74) is 5.65. The molecule has 2 nitrogen and oxygen atoms in total. The minimum Gasteiger partial charge on any atom is -0.506 e. The molecule has 0 atom stereocenters. The van der Waals surface area contributed by atoms with Gasteiger partial charge in [0.05, 0.1) is 5.70 Å². The molecule has 0 amide bonds. The molecule has 0 aliphatic carbocycles. The number of hydrogen-bond acceptors (Lipinski definition) is 2. The molecule has 50 valence electrons. The smallest absolute Gasteiger partial charge is 0.134 e. The van der Waals surface area contributed by atoms with E-state index in [1.54, 1.807) is 6.92 Å². The fraction of sp³-hybridized carbons (Fsp3) is 0.143. The first-order chi connectivity index (χ1) is 4.22. The summed E-state index contributed by atoms with van der Waals surface area (Å²) in [5.74, 6) is 0.0925. The van der Waals surface area contributed by atoms with Crippen LogP contribution in [0.4, 0.5) is 0 Å². The van der Waals surface area contributed by atoms with Gasteiger partial charge in [-0.3, -0.25) is 0 Å². The Morgan fingerprint density at radius 2 is 2.22 bits per heavy atom. The Balaban J connectivity index is 4.19. The van der Waals surface area contributed by atoms with Crippen LogP contribution in [-0.4, -0.2) is 5.11 Å². The van der Waals surface area contributed by atoms with Gasteiger partial charge < -0.3 is 10.8 Å². The first-order valence-corrected chi connectivity index (χ1v) is 2.66. The molecule has 0 radical (unpaired) electrons. The van der Waals surface area contributed by atoms with Crippen LogP contribution in [0, 0.1) is 0 Å². The van der Waals surface area contributed by atoms with Gasteiger partial charge in [-0.05, 0) is 19.1 Å². The Morgan fingerprint density at radius 1 is 1.67 bits per heavy atom. The van der Waals surface area contributed by atoms with Crippen LogP contribution in [0.2, 0.25) is 0 Å². The zero-order valence-corrected chi connectivity index (χ0v) is 5.46. The van der Waals surface area contributed by atoms with Crippen molar-refractivity contribution in [3.63, 3.8) is 0 Å². The lowest BCUT2D eigenvalue weighted by Crippen LogP contribution is -1.99. The summed E-state index contributed by atoms with van der Waals surface area (Å²) in [7, 11) is 0. The van der Waals surface area contributed by atoms with Crippen LogP contribution in [0.25, 0.3) is 0 Å². The minimum atomic E-state index is 0.0925. The van der Waals surface area contributed by atoms with E-state index >= 15 is 0 Å². The van der Waals surface area contributed by atoms with Gasteiger partial charge in [-0.15, -0.1) is 0 Å². The third-order valence-electron chi connectivity index (χ3n) is 0.867. The van der Waals surface area contributed by atoms with Crippen LogP contribution in [0.3, 0.4) is 0 Å². The molecule has 0 saturated carbocycles. The van der Waals surface area contributed by atoms with Gasteiger partial charge in [0.2, 0.25) is 0 Å². The molecular formula is C7H11NO. The van der Waals surface area contributed by atoms with E-state index in [-0.39, 0.29) is 5.76 Å². The van der Waals surface area contributed by atoms with E-state index in [1.165, 1.54) is 18.2 Å². The van der Waals surface area contributed by atoms with Gasteiger partial charge in [0.25, 0.3) is 0 Å². The van der Waals surface area contributed by atoms with E-state index in [0.29, 0.717) is 5.70 Å². The molecular weight excluding hydrogens is 114 g/mol. The average molecular weight is 125 g/mol. The van der Waals surface area contributed by atoms with Crippen molar-refractivity contribution < 1.29 is 5.11 Å². The highest BCUT2D eigenvalue weighted by Crippen LogP contribution is 1.97. The zero-order valence-electron chi connectivity index (χ0n) is 5.46. The number of allylic oxidation sites excluding steroid dienone is 3. The Hall–Kier alpha value is -1.18. The van der Waals surface area contributed by atoms with Crippen molar-refractivity contribution >= 4 is 0 Å². The van der Waals surface area contributed by atoms with Crippen LogP contribution < -0.4 is 5.73 Å². The molecule has 0 aromatic heterocycles. The van der Waals surface area contributed by atoms with Crippen molar-refractivity contribution in [1.29, 1.82) is 0 Å². The third kappa shape index (κ3) is 2.59. The van der Waals surface area contributed by atoms with Gasteiger partial charge in [0, 0.05) is 0 Å². The molecule has 0 saturated heterocycles. The maximum absolute atomic E-state index is 8.88. The summed E-state index contributed by atoms with van der Waals surface area (Å²) in [6.07, 6.45) is 4.58. The number of nitrogens with two attached hydrogens (primary N) is 1. The van der Waals surface area contributed by atoms with Crippen LogP contribution in [0.1, 0.15) is 6.92 Å². The normalized spacial score (nSPS) is 13.4. The molecule has 0 heterocycles. The fourth-order valence-corrected chi connectivity index (χ4v) is 0.379. The molecule has 0 aromatic carbocycles. The second-order valence-electron chi connectivity index (χ2n) is 1.53. The van der Waals surface area contributed by atoms with Crippen LogP contribution in [-0.2, 0) is 0 Å². The van der Waals surface area contributed by atoms with E-state index < -0.39 is 0 Å². The van der Waals surface area contributed by atoms with E-state index in [1.807, 2.05) is 0 Å². The highest BCUT2D eigenvalue weighted by molar-refractivity contribution is 5.24. The molecule has 0 bridgehead atoms. The fourth-order valence-electron chi connectivity index (χ4n) is 0.379. The topological polar surface area (TPSA) is 46.2 Å². The Labute approximate surface area is 55.0 Å². The second-order valence-corrected chi connectivity index (χ2v) is 1.53. The Kier molecular flexibility index (Phi) is 3.28. The Bertz CT molecular complexity index is 156. The molecule has 0 aliphatic heterocycles. The maximum atomic E-state index is 8.88. The highest BCUT2D eigenvalue weighted by Gasteiger charge is 1.90. The SMILES string of the molecule is C=C/C=C(N)\C(O)=C/C. The van der Waals surface area contributed by atoms with Gasteiger partial charge in [-0.25, -0.2) is 0 Å². The number of rotatable bonds is 2. The largest absolute Gasteiger partial charge is 0.506 e. The third-order valence-corrected chi connectivity index (χ3v) is 0.867. The molecule has 9 heavy (non-hydrogen) atoms. The van der Waals surface area contributed by atoms with E-state index in [0.717, 1.165) is 0 Å². The minimum absolute atomic E-state index is 0.0925. The maximum Gasteiger partial charge on any atom is 0.134 e. The second kappa shape index (κ2) is 3.78. The molecule has 0 fully saturated rings. The van der Waals surface area contributed by atoms with Crippen molar-refractivity contribution in [2.24, 2.45) is 5.73 Å². The summed E-state index contributed by atoms with van der Waals surface area (Å²) in [4.78, 5) is 0. The number of aliphatic hydroxyl groups is 1.